The number of hydrogen-bond acceptors (Lipinski definition) is 3. The third kappa shape index (κ3) is 2.84. The molecule has 1 aliphatic carbocycles. The maximum Gasteiger partial charge on any atom is 0.245 e. The maximum absolute atomic E-state index is 12.8. The number of fused-ring (bicyclic) bond motifs is 1. The topological polar surface area (TPSA) is 49.4 Å². The number of amides is 2. The highest BCUT2D eigenvalue weighted by Gasteiger charge is 2.35. The van der Waals surface area contributed by atoms with Gasteiger partial charge in [0, 0.05) is 17.8 Å². The molecule has 2 heterocycles. The van der Waals surface area contributed by atoms with Gasteiger partial charge in [0.2, 0.25) is 11.8 Å². The minimum Gasteiger partial charge on any atom is -0.344 e. The Balaban J connectivity index is 1.87. The highest BCUT2D eigenvalue weighted by atomic mass is 32.1. The lowest BCUT2D eigenvalue weighted by atomic mass is 9.92. The Hall–Kier alpha value is -1.36. The molecule has 114 valence electrons. The molecule has 2 unspecified atom stereocenters. The Labute approximate surface area is 129 Å². The van der Waals surface area contributed by atoms with Gasteiger partial charge in [0.05, 0.1) is 6.04 Å². The van der Waals surface area contributed by atoms with E-state index in [1.54, 1.807) is 11.3 Å². The third-order valence-corrected chi connectivity index (χ3v) is 5.47. The lowest BCUT2D eigenvalue weighted by Crippen LogP contribution is -2.46. The molecular weight excluding hydrogens is 284 g/mol. The molecule has 3 rings (SSSR count). The molecular formula is C16H22N2O2S. The van der Waals surface area contributed by atoms with E-state index < -0.39 is 0 Å². The van der Waals surface area contributed by atoms with Crippen LogP contribution in [0.1, 0.15) is 55.5 Å². The number of nitrogens with zero attached hydrogens (tertiary/aromatic N) is 1. The van der Waals surface area contributed by atoms with Gasteiger partial charge in [0.25, 0.3) is 0 Å². The van der Waals surface area contributed by atoms with E-state index in [-0.39, 0.29) is 23.9 Å². The number of nitrogens with one attached hydrogen (secondary N) is 1. The summed E-state index contributed by atoms with van der Waals surface area (Å²) in [6.07, 6.45) is 5.32. The summed E-state index contributed by atoms with van der Waals surface area (Å²) in [5.74, 6) is 0.109. The first-order valence-electron chi connectivity index (χ1n) is 7.86. The Morgan fingerprint density at radius 1 is 1.38 bits per heavy atom. The van der Waals surface area contributed by atoms with Crippen LogP contribution in [-0.4, -0.2) is 29.3 Å². The van der Waals surface area contributed by atoms with Crippen molar-refractivity contribution in [2.45, 2.75) is 57.5 Å². The molecule has 1 aromatic heterocycles. The predicted octanol–water partition coefficient (Wildman–Crippen LogP) is 2.64. The van der Waals surface area contributed by atoms with E-state index in [0.29, 0.717) is 13.0 Å². The summed E-state index contributed by atoms with van der Waals surface area (Å²) in [5, 5.41) is 5.01. The Bertz CT molecular complexity index is 540. The lowest BCUT2D eigenvalue weighted by molar-refractivity contribution is -0.136. The predicted molar refractivity (Wildman–Crippen MR) is 83.2 cm³/mol. The lowest BCUT2D eigenvalue weighted by Gasteiger charge is -2.35. The molecule has 0 spiro atoms. The Morgan fingerprint density at radius 3 is 3.05 bits per heavy atom. The zero-order valence-corrected chi connectivity index (χ0v) is 13.2. The van der Waals surface area contributed by atoms with Crippen LogP contribution in [0.2, 0.25) is 0 Å². The van der Waals surface area contributed by atoms with Crippen molar-refractivity contribution in [1.29, 1.82) is 0 Å². The van der Waals surface area contributed by atoms with E-state index in [0.717, 1.165) is 32.1 Å². The fourth-order valence-corrected chi connectivity index (χ4v) is 4.42. The summed E-state index contributed by atoms with van der Waals surface area (Å²) < 4.78 is 0. The molecule has 2 amide bonds. The van der Waals surface area contributed by atoms with Gasteiger partial charge in [-0.2, -0.15) is 0 Å². The molecule has 0 radical (unpaired) electrons. The second kappa shape index (κ2) is 6.18. The largest absolute Gasteiger partial charge is 0.344 e. The molecule has 2 aliphatic rings. The number of carbonyl (C=O) groups excluding carboxylic acids is 2. The molecule has 2 atom stereocenters. The van der Waals surface area contributed by atoms with Crippen LogP contribution in [0.4, 0.5) is 0 Å². The average Bonchev–Trinajstić information content (AvgIpc) is 2.90. The van der Waals surface area contributed by atoms with Crippen LogP contribution >= 0.6 is 11.3 Å². The molecule has 1 aromatic rings. The molecule has 1 saturated heterocycles. The van der Waals surface area contributed by atoms with Gasteiger partial charge in [-0.05, 0) is 42.7 Å². The van der Waals surface area contributed by atoms with E-state index in [2.05, 4.69) is 16.8 Å². The molecule has 1 aliphatic heterocycles. The summed E-state index contributed by atoms with van der Waals surface area (Å²) in [5.41, 5.74) is 1.31. The molecule has 0 saturated carbocycles. The minimum atomic E-state index is -0.339. The molecule has 0 bridgehead atoms. The number of thiophene rings is 1. The molecule has 4 nitrogen and oxygen atoms in total. The molecule has 1 fully saturated rings. The third-order valence-electron chi connectivity index (χ3n) is 4.47. The first kappa shape index (κ1) is 14.6. The maximum atomic E-state index is 12.8. The normalized spacial score (nSPS) is 26.2. The summed E-state index contributed by atoms with van der Waals surface area (Å²) in [7, 11) is 0. The van der Waals surface area contributed by atoms with Gasteiger partial charge in [-0.1, -0.05) is 13.3 Å². The highest BCUT2D eigenvalue weighted by molar-refractivity contribution is 7.10. The number of hydrogen-bond donors (Lipinski definition) is 1. The van der Waals surface area contributed by atoms with Crippen molar-refractivity contribution in [1.82, 2.24) is 10.2 Å². The fraction of sp³-hybridized carbons (Fsp3) is 0.625. The molecule has 21 heavy (non-hydrogen) atoms. The summed E-state index contributed by atoms with van der Waals surface area (Å²) in [6.45, 7) is 2.59. The van der Waals surface area contributed by atoms with Crippen LogP contribution < -0.4 is 5.32 Å². The monoisotopic (exact) mass is 306 g/mol. The van der Waals surface area contributed by atoms with E-state index >= 15 is 0 Å². The smallest absolute Gasteiger partial charge is 0.245 e. The van der Waals surface area contributed by atoms with E-state index in [1.165, 1.54) is 10.4 Å². The van der Waals surface area contributed by atoms with Crippen LogP contribution in [0.5, 0.6) is 0 Å². The fourth-order valence-electron chi connectivity index (χ4n) is 3.44. The van der Waals surface area contributed by atoms with Crippen molar-refractivity contribution >= 4 is 23.2 Å². The van der Waals surface area contributed by atoms with Gasteiger partial charge in [0.15, 0.2) is 0 Å². The summed E-state index contributed by atoms with van der Waals surface area (Å²) in [6, 6.07) is 1.99. The van der Waals surface area contributed by atoms with Gasteiger partial charge in [-0.15, -0.1) is 11.3 Å². The van der Waals surface area contributed by atoms with Gasteiger partial charge in [0.1, 0.15) is 6.04 Å². The number of aryl methyl sites for hydroxylation is 1. The van der Waals surface area contributed by atoms with Crippen LogP contribution in [-0.2, 0) is 16.0 Å². The van der Waals surface area contributed by atoms with Gasteiger partial charge < -0.3 is 10.2 Å². The number of carbonyl (C=O) groups is 2. The SMILES string of the molecule is CCCC1NC(=O)CCN(C2CCCc3sccc32)C1=O. The van der Waals surface area contributed by atoms with Crippen LogP contribution in [0.25, 0.3) is 0 Å². The van der Waals surface area contributed by atoms with Crippen LogP contribution in [0.15, 0.2) is 11.4 Å². The average molecular weight is 306 g/mol. The second-order valence-corrected chi connectivity index (χ2v) is 6.90. The van der Waals surface area contributed by atoms with Crippen molar-refractivity contribution < 1.29 is 9.59 Å². The van der Waals surface area contributed by atoms with Crippen molar-refractivity contribution in [3.63, 3.8) is 0 Å². The van der Waals surface area contributed by atoms with Crippen molar-refractivity contribution in [3.8, 4) is 0 Å². The van der Waals surface area contributed by atoms with E-state index in [4.69, 9.17) is 0 Å². The van der Waals surface area contributed by atoms with Gasteiger partial charge in [-0.3, -0.25) is 9.59 Å². The Kier molecular flexibility index (Phi) is 4.29. The first-order chi connectivity index (χ1) is 10.2. The van der Waals surface area contributed by atoms with Crippen LogP contribution in [0.3, 0.4) is 0 Å². The molecule has 1 N–H and O–H groups in total. The zero-order valence-electron chi connectivity index (χ0n) is 12.4. The van der Waals surface area contributed by atoms with Crippen LogP contribution in [0, 0.1) is 0 Å². The molecule has 5 heteroatoms. The summed E-state index contributed by atoms with van der Waals surface area (Å²) >= 11 is 1.79. The second-order valence-electron chi connectivity index (χ2n) is 5.90. The van der Waals surface area contributed by atoms with Crippen molar-refractivity contribution in [3.05, 3.63) is 21.9 Å². The highest BCUT2D eigenvalue weighted by Crippen LogP contribution is 2.38. The minimum absolute atomic E-state index is 0.00523. The standard InChI is InChI=1S/C16H22N2O2S/c1-2-4-12-16(20)18(9-7-15(19)17-12)13-5-3-6-14-11(13)8-10-21-14/h8,10,12-13H,2-7,9H2,1H3,(H,17,19). The van der Waals surface area contributed by atoms with E-state index in [9.17, 15) is 9.59 Å². The quantitative estimate of drug-likeness (QED) is 0.933. The van der Waals surface area contributed by atoms with E-state index in [1.807, 2.05) is 11.8 Å². The molecule has 0 aromatic carbocycles. The number of rotatable bonds is 3. The first-order valence-corrected chi connectivity index (χ1v) is 8.74. The summed E-state index contributed by atoms with van der Waals surface area (Å²) in [4.78, 5) is 28.0. The van der Waals surface area contributed by atoms with Gasteiger partial charge >= 0.3 is 0 Å². The van der Waals surface area contributed by atoms with Gasteiger partial charge in [-0.25, -0.2) is 0 Å². The Morgan fingerprint density at radius 2 is 2.24 bits per heavy atom. The van der Waals surface area contributed by atoms with Crippen molar-refractivity contribution in [2.24, 2.45) is 0 Å². The van der Waals surface area contributed by atoms with Crippen molar-refractivity contribution in [2.75, 3.05) is 6.54 Å². The zero-order chi connectivity index (χ0) is 14.8.